The summed E-state index contributed by atoms with van der Waals surface area (Å²) in [6, 6.07) is 5.40. The molecule has 3 nitrogen and oxygen atoms in total. The van der Waals surface area contributed by atoms with Gasteiger partial charge in [-0.15, -0.1) is 13.2 Å². The number of alkyl halides is 3. The Balaban J connectivity index is 1.91. The second-order valence-corrected chi connectivity index (χ2v) is 5.39. The number of halogens is 3. The normalized spacial score (nSPS) is 18.3. The van der Waals surface area contributed by atoms with Gasteiger partial charge in [-0.1, -0.05) is 0 Å². The molecule has 21 heavy (non-hydrogen) atoms. The van der Waals surface area contributed by atoms with Crippen LogP contribution in [0.3, 0.4) is 0 Å². The van der Waals surface area contributed by atoms with Crippen LogP contribution in [0.1, 0.15) is 12.8 Å². The van der Waals surface area contributed by atoms with E-state index in [2.05, 4.69) is 17.4 Å². The minimum Gasteiger partial charge on any atom is -0.493 e. The maximum Gasteiger partial charge on any atom is 0.573 e. The van der Waals surface area contributed by atoms with E-state index in [-0.39, 0.29) is 11.2 Å². The topological polar surface area (TPSA) is 27.7 Å². The third-order valence-electron chi connectivity index (χ3n) is 3.49. The zero-order chi connectivity index (χ0) is 15.3. The summed E-state index contributed by atoms with van der Waals surface area (Å²) in [6.07, 6.45) is -2.95. The number of rotatable bonds is 5. The summed E-state index contributed by atoms with van der Waals surface area (Å²) < 4.78 is 51.0. The van der Waals surface area contributed by atoms with Gasteiger partial charge >= 0.3 is 6.36 Å². The Morgan fingerprint density at radius 3 is 2.19 bits per heavy atom. The van der Waals surface area contributed by atoms with E-state index in [9.17, 15) is 13.2 Å². The molecule has 0 N–H and O–H groups in total. The van der Waals surface area contributed by atoms with E-state index >= 15 is 0 Å². The Morgan fingerprint density at radius 2 is 1.67 bits per heavy atom. The van der Waals surface area contributed by atoms with E-state index in [0.717, 1.165) is 12.8 Å². The van der Waals surface area contributed by atoms with Crippen molar-refractivity contribution in [3.05, 3.63) is 24.3 Å². The highest BCUT2D eigenvalue weighted by molar-refractivity contribution is 7.80. The van der Waals surface area contributed by atoms with Gasteiger partial charge < -0.3 is 14.2 Å². The predicted octanol–water partition coefficient (Wildman–Crippen LogP) is 3.69. The lowest BCUT2D eigenvalue weighted by atomic mass is 9.83. The van der Waals surface area contributed by atoms with Gasteiger partial charge in [-0.05, 0) is 42.9 Å². The second-order valence-electron chi connectivity index (χ2n) is 5.08. The first-order chi connectivity index (χ1) is 9.92. The Labute approximate surface area is 126 Å². The van der Waals surface area contributed by atoms with Crippen LogP contribution in [0.25, 0.3) is 0 Å². The van der Waals surface area contributed by atoms with Crippen LogP contribution in [-0.2, 0) is 4.74 Å². The molecule has 0 radical (unpaired) electrons. The van der Waals surface area contributed by atoms with Crippen LogP contribution in [0.4, 0.5) is 13.2 Å². The second kappa shape index (κ2) is 6.79. The summed E-state index contributed by atoms with van der Waals surface area (Å²) >= 11 is 4.38. The molecule has 1 heterocycles. The first-order valence-corrected chi connectivity index (χ1v) is 7.23. The fourth-order valence-corrected chi connectivity index (χ4v) is 2.53. The third kappa shape index (κ3) is 5.00. The van der Waals surface area contributed by atoms with Crippen LogP contribution in [0.5, 0.6) is 11.5 Å². The van der Waals surface area contributed by atoms with Gasteiger partial charge in [-0.3, -0.25) is 0 Å². The van der Waals surface area contributed by atoms with E-state index < -0.39 is 6.36 Å². The molecule has 7 heteroatoms. The molecule has 2 rings (SSSR count). The Hall–Kier alpha value is -1.08. The highest BCUT2D eigenvalue weighted by Gasteiger charge is 2.32. The first-order valence-electron chi connectivity index (χ1n) is 6.60. The smallest absolute Gasteiger partial charge is 0.493 e. The van der Waals surface area contributed by atoms with E-state index in [1.807, 2.05) is 0 Å². The number of hydrogen-bond acceptors (Lipinski definition) is 4. The van der Waals surface area contributed by atoms with E-state index in [1.165, 1.54) is 24.3 Å². The molecule has 1 aliphatic heterocycles. The minimum atomic E-state index is -4.68. The van der Waals surface area contributed by atoms with Crippen molar-refractivity contribution in [3.8, 4) is 11.5 Å². The molecule has 1 aromatic carbocycles. The molecule has 0 aliphatic carbocycles. The molecule has 0 saturated carbocycles. The van der Waals surface area contributed by atoms with Crippen molar-refractivity contribution in [2.24, 2.45) is 5.41 Å². The van der Waals surface area contributed by atoms with Gasteiger partial charge in [-0.2, -0.15) is 12.6 Å². The van der Waals surface area contributed by atoms with Crippen molar-refractivity contribution in [2.45, 2.75) is 19.2 Å². The lowest BCUT2D eigenvalue weighted by Gasteiger charge is -2.35. The van der Waals surface area contributed by atoms with E-state index in [0.29, 0.717) is 31.3 Å². The van der Waals surface area contributed by atoms with Gasteiger partial charge in [0.15, 0.2) is 0 Å². The number of hydrogen-bond donors (Lipinski definition) is 1. The highest BCUT2D eigenvalue weighted by Crippen LogP contribution is 2.33. The van der Waals surface area contributed by atoms with Gasteiger partial charge in [0.1, 0.15) is 11.5 Å². The average Bonchev–Trinajstić information content (AvgIpc) is 2.46. The van der Waals surface area contributed by atoms with Crippen LogP contribution in [0, 0.1) is 5.41 Å². The Bertz CT molecular complexity index is 442. The minimum absolute atomic E-state index is 0.0392. The van der Waals surface area contributed by atoms with Gasteiger partial charge in [0, 0.05) is 18.6 Å². The SMILES string of the molecule is FC(F)(F)Oc1ccc(OCC2(CS)CCOCC2)cc1. The summed E-state index contributed by atoms with van der Waals surface area (Å²) in [5, 5.41) is 0. The molecule has 1 aliphatic rings. The first kappa shape index (κ1) is 16.3. The molecular formula is C14H17F3O3S. The maximum atomic E-state index is 12.1. The lowest BCUT2D eigenvalue weighted by molar-refractivity contribution is -0.274. The molecule has 0 spiro atoms. The lowest BCUT2D eigenvalue weighted by Crippen LogP contribution is -2.36. The van der Waals surface area contributed by atoms with Crippen LogP contribution in [0.2, 0.25) is 0 Å². The summed E-state index contributed by atoms with van der Waals surface area (Å²) in [5.41, 5.74) is -0.0392. The standard InChI is InChI=1S/C14H17F3O3S/c15-14(16,17)20-12-3-1-11(2-4-12)19-9-13(10-21)5-7-18-8-6-13/h1-4,21H,5-10H2. The average molecular weight is 322 g/mol. The van der Waals surface area contributed by atoms with E-state index in [1.54, 1.807) is 0 Å². The molecule has 1 fully saturated rings. The fourth-order valence-electron chi connectivity index (χ4n) is 2.13. The summed E-state index contributed by atoms with van der Waals surface area (Å²) in [4.78, 5) is 0. The largest absolute Gasteiger partial charge is 0.573 e. The summed E-state index contributed by atoms with van der Waals surface area (Å²) in [6.45, 7) is 1.84. The van der Waals surface area contributed by atoms with Crippen molar-refractivity contribution in [1.82, 2.24) is 0 Å². The van der Waals surface area contributed by atoms with Crippen LogP contribution >= 0.6 is 12.6 Å². The molecule has 118 valence electrons. The molecule has 1 aromatic rings. The molecule has 0 bridgehead atoms. The van der Waals surface area contributed by atoms with Crippen molar-refractivity contribution in [2.75, 3.05) is 25.6 Å². The Morgan fingerprint density at radius 1 is 1.10 bits per heavy atom. The predicted molar refractivity (Wildman–Crippen MR) is 75.0 cm³/mol. The van der Waals surface area contributed by atoms with Gasteiger partial charge in [-0.25, -0.2) is 0 Å². The number of thiol groups is 1. The van der Waals surface area contributed by atoms with Crippen molar-refractivity contribution >= 4 is 12.6 Å². The molecule has 0 unspecified atom stereocenters. The highest BCUT2D eigenvalue weighted by atomic mass is 32.1. The van der Waals surface area contributed by atoms with Crippen molar-refractivity contribution in [1.29, 1.82) is 0 Å². The van der Waals surface area contributed by atoms with Crippen LogP contribution in [-0.4, -0.2) is 31.9 Å². The van der Waals surface area contributed by atoms with Crippen molar-refractivity contribution in [3.63, 3.8) is 0 Å². The molecular weight excluding hydrogens is 305 g/mol. The van der Waals surface area contributed by atoms with Gasteiger partial charge in [0.2, 0.25) is 0 Å². The number of benzene rings is 1. The summed E-state index contributed by atoms with van der Waals surface area (Å²) in [5.74, 6) is 0.938. The monoisotopic (exact) mass is 322 g/mol. The summed E-state index contributed by atoms with van der Waals surface area (Å²) in [7, 11) is 0. The van der Waals surface area contributed by atoms with Gasteiger partial charge in [0.05, 0.1) is 6.61 Å². The van der Waals surface area contributed by atoms with Crippen LogP contribution < -0.4 is 9.47 Å². The van der Waals surface area contributed by atoms with E-state index in [4.69, 9.17) is 9.47 Å². The quantitative estimate of drug-likeness (QED) is 0.838. The Kier molecular flexibility index (Phi) is 5.27. The third-order valence-corrected chi connectivity index (χ3v) is 4.16. The van der Waals surface area contributed by atoms with Gasteiger partial charge in [0.25, 0.3) is 0 Å². The maximum absolute atomic E-state index is 12.1. The fraction of sp³-hybridized carbons (Fsp3) is 0.571. The zero-order valence-corrected chi connectivity index (χ0v) is 12.3. The van der Waals surface area contributed by atoms with Crippen molar-refractivity contribution < 1.29 is 27.4 Å². The molecule has 0 aromatic heterocycles. The molecule has 0 amide bonds. The zero-order valence-electron chi connectivity index (χ0n) is 11.4. The van der Waals surface area contributed by atoms with Crippen LogP contribution in [0.15, 0.2) is 24.3 Å². The molecule has 1 saturated heterocycles. The molecule has 0 atom stereocenters. The number of ether oxygens (including phenoxy) is 3.